The highest BCUT2D eigenvalue weighted by Gasteiger charge is 2.24. The first-order valence-electron chi connectivity index (χ1n) is 19.1. The van der Waals surface area contributed by atoms with E-state index in [-0.39, 0.29) is 0 Å². The van der Waals surface area contributed by atoms with Crippen LogP contribution in [-0.2, 0) is 6.42 Å². The lowest BCUT2D eigenvalue weighted by atomic mass is 9.92. The van der Waals surface area contributed by atoms with E-state index >= 15 is 0 Å². The van der Waals surface area contributed by atoms with Crippen LogP contribution >= 0.6 is 0 Å². The van der Waals surface area contributed by atoms with Gasteiger partial charge in [-0.25, -0.2) is 0 Å². The monoisotopic (exact) mass is 692 g/mol. The van der Waals surface area contributed by atoms with Gasteiger partial charge in [-0.15, -0.1) is 0 Å². The molecule has 0 radical (unpaired) electrons. The first-order valence-corrected chi connectivity index (χ1v) is 19.1. The number of benzene rings is 8. The van der Waals surface area contributed by atoms with Crippen molar-refractivity contribution in [2.45, 2.75) is 25.7 Å². The number of fused-ring (bicyclic) bond motifs is 4. The smallest absolute Gasteiger partial charge is 0.0540 e. The second-order valence-electron chi connectivity index (χ2n) is 14.3. The van der Waals surface area contributed by atoms with Crippen LogP contribution in [0.1, 0.15) is 36.0 Å². The molecule has 0 aromatic heterocycles. The molecule has 0 fully saturated rings. The van der Waals surface area contributed by atoms with Crippen LogP contribution in [0.2, 0.25) is 0 Å². The van der Waals surface area contributed by atoms with Crippen LogP contribution in [0, 0.1) is 0 Å². The van der Waals surface area contributed by atoms with E-state index in [1.807, 2.05) is 0 Å². The zero-order valence-corrected chi connectivity index (χ0v) is 30.2. The minimum Gasteiger partial charge on any atom is -0.313 e. The maximum absolute atomic E-state index is 2.54. The Kier molecular flexibility index (Phi) is 8.15. The van der Waals surface area contributed by atoms with Crippen LogP contribution in [0.4, 0.5) is 28.4 Å². The summed E-state index contributed by atoms with van der Waals surface area (Å²) in [5.74, 6) is 0. The predicted molar refractivity (Wildman–Crippen MR) is 231 cm³/mol. The first kappa shape index (κ1) is 32.0. The van der Waals surface area contributed by atoms with Crippen LogP contribution in [0.15, 0.2) is 194 Å². The largest absolute Gasteiger partial charge is 0.313 e. The van der Waals surface area contributed by atoms with Gasteiger partial charge in [0.15, 0.2) is 0 Å². The van der Waals surface area contributed by atoms with Gasteiger partial charge < -0.3 is 9.80 Å². The number of nitrogens with zero attached hydrogens (tertiary/aromatic N) is 2. The third-order valence-electron chi connectivity index (χ3n) is 11.2. The second-order valence-corrected chi connectivity index (χ2v) is 14.3. The molecule has 54 heavy (non-hydrogen) atoms. The topological polar surface area (TPSA) is 6.48 Å². The fourth-order valence-corrected chi connectivity index (χ4v) is 8.60. The van der Waals surface area contributed by atoms with E-state index in [1.165, 1.54) is 83.0 Å². The summed E-state index contributed by atoms with van der Waals surface area (Å²) in [6.07, 6.45) is 13.4. The van der Waals surface area contributed by atoms with Crippen LogP contribution in [0.5, 0.6) is 0 Å². The molecule has 2 nitrogen and oxygen atoms in total. The highest BCUT2D eigenvalue weighted by molar-refractivity contribution is 6.05. The molecule has 8 aromatic carbocycles. The van der Waals surface area contributed by atoms with E-state index in [9.17, 15) is 0 Å². The summed E-state index contributed by atoms with van der Waals surface area (Å²) in [6, 6.07) is 62.1. The van der Waals surface area contributed by atoms with Crippen molar-refractivity contribution in [3.05, 3.63) is 210 Å². The average molecular weight is 693 g/mol. The van der Waals surface area contributed by atoms with Crippen LogP contribution in [0.25, 0.3) is 44.0 Å². The van der Waals surface area contributed by atoms with Gasteiger partial charge in [-0.05, 0) is 107 Å². The predicted octanol–water partition coefficient (Wildman–Crippen LogP) is 14.5. The summed E-state index contributed by atoms with van der Waals surface area (Å²) in [6.45, 7) is 0. The molecule has 2 aliphatic carbocycles. The zero-order valence-electron chi connectivity index (χ0n) is 30.2. The van der Waals surface area contributed by atoms with Crippen LogP contribution in [-0.4, -0.2) is 0 Å². The van der Waals surface area contributed by atoms with Crippen molar-refractivity contribution in [3.8, 4) is 0 Å². The Hall–Kier alpha value is -6.64. The molecule has 0 unspecified atom stereocenters. The van der Waals surface area contributed by atoms with Gasteiger partial charge in [0, 0.05) is 33.2 Å². The van der Waals surface area contributed by atoms with E-state index in [0.717, 1.165) is 31.4 Å². The fourth-order valence-electron chi connectivity index (χ4n) is 8.60. The molecule has 0 saturated heterocycles. The molecule has 8 aromatic rings. The Morgan fingerprint density at radius 1 is 0.389 bits per heavy atom. The van der Waals surface area contributed by atoms with Gasteiger partial charge >= 0.3 is 0 Å². The standard InChI is InChI=1S/C52H40N2/c1-5-21-45-39(13-1)17-9-25-49(45)53(50-26-10-18-40-14-2-6-22-46(40)50)43-33-29-37(30-34-43)38-31-35-44(36-32-38)54(51-27-11-19-41-15-3-7-23-47(41)51)52-28-12-20-42-16-4-8-24-48(42)52/h1-7,9-23,25-31,33-35H,8,24,32,36H2. The van der Waals surface area contributed by atoms with Crippen LogP contribution < -0.4 is 9.80 Å². The summed E-state index contributed by atoms with van der Waals surface area (Å²) in [5.41, 5.74) is 12.7. The number of anilines is 5. The maximum Gasteiger partial charge on any atom is 0.0540 e. The summed E-state index contributed by atoms with van der Waals surface area (Å²) >= 11 is 0. The Bertz CT molecular complexity index is 2690. The lowest BCUT2D eigenvalue weighted by Gasteiger charge is -2.33. The normalized spacial score (nSPS) is 13.8. The van der Waals surface area contributed by atoms with Crippen molar-refractivity contribution in [1.82, 2.24) is 0 Å². The molecule has 0 aliphatic heterocycles. The molecule has 0 atom stereocenters. The molecule has 0 spiro atoms. The van der Waals surface area contributed by atoms with E-state index in [2.05, 4.69) is 204 Å². The highest BCUT2D eigenvalue weighted by Crippen LogP contribution is 2.45. The number of hydrogen-bond acceptors (Lipinski definition) is 2. The maximum atomic E-state index is 2.54. The van der Waals surface area contributed by atoms with E-state index in [4.69, 9.17) is 0 Å². The Labute approximate surface area is 317 Å². The molecule has 2 heteroatoms. The number of hydrogen-bond donors (Lipinski definition) is 0. The van der Waals surface area contributed by atoms with Gasteiger partial charge in [-0.2, -0.15) is 0 Å². The van der Waals surface area contributed by atoms with Gasteiger partial charge in [0.05, 0.1) is 17.1 Å². The Morgan fingerprint density at radius 3 is 1.48 bits per heavy atom. The van der Waals surface area contributed by atoms with Crippen molar-refractivity contribution >= 4 is 72.4 Å². The van der Waals surface area contributed by atoms with E-state index in [1.54, 1.807) is 0 Å². The molecule has 258 valence electrons. The molecular weight excluding hydrogens is 653 g/mol. The van der Waals surface area contributed by atoms with Crippen molar-refractivity contribution in [3.63, 3.8) is 0 Å². The molecule has 0 saturated carbocycles. The van der Waals surface area contributed by atoms with Gasteiger partial charge in [0.1, 0.15) is 0 Å². The van der Waals surface area contributed by atoms with Crippen LogP contribution in [0.3, 0.4) is 0 Å². The third-order valence-corrected chi connectivity index (χ3v) is 11.2. The van der Waals surface area contributed by atoms with Crippen molar-refractivity contribution in [1.29, 1.82) is 0 Å². The third kappa shape index (κ3) is 5.68. The molecular formula is C52H40N2. The van der Waals surface area contributed by atoms with Gasteiger partial charge in [0.25, 0.3) is 0 Å². The minimum atomic E-state index is 0.953. The second kappa shape index (κ2) is 13.7. The van der Waals surface area contributed by atoms with Gasteiger partial charge in [0.2, 0.25) is 0 Å². The molecule has 10 rings (SSSR count). The fraction of sp³-hybridized carbons (Fsp3) is 0.0769. The summed E-state index contributed by atoms with van der Waals surface area (Å²) in [7, 11) is 0. The summed E-state index contributed by atoms with van der Waals surface area (Å²) in [5, 5.41) is 7.47. The van der Waals surface area contributed by atoms with Crippen molar-refractivity contribution < 1.29 is 0 Å². The van der Waals surface area contributed by atoms with Gasteiger partial charge in [-0.1, -0.05) is 152 Å². The number of allylic oxidation sites excluding steroid dienone is 5. The average Bonchev–Trinajstić information content (AvgIpc) is 3.25. The summed E-state index contributed by atoms with van der Waals surface area (Å²) < 4.78 is 0. The summed E-state index contributed by atoms with van der Waals surface area (Å²) in [4.78, 5) is 4.97. The zero-order chi connectivity index (χ0) is 35.8. The lowest BCUT2D eigenvalue weighted by molar-refractivity contribution is 0.915. The van der Waals surface area contributed by atoms with Crippen molar-refractivity contribution in [2.75, 3.05) is 9.80 Å². The quantitative estimate of drug-likeness (QED) is 0.164. The molecule has 0 N–H and O–H groups in total. The van der Waals surface area contributed by atoms with Gasteiger partial charge in [-0.3, -0.25) is 0 Å². The lowest BCUT2D eigenvalue weighted by Crippen LogP contribution is -2.20. The van der Waals surface area contributed by atoms with E-state index in [0.29, 0.717) is 0 Å². The molecule has 2 aliphatic rings. The molecule has 0 amide bonds. The minimum absolute atomic E-state index is 0.953. The SMILES string of the molecule is C1=Cc2cccc(N(C3=CC=C(c4ccc(N(c5cccc6ccccc56)c5cccc6ccccc56)cc4)CC3)c3cccc4ccccc34)c2CC1. The van der Waals surface area contributed by atoms with E-state index < -0.39 is 0 Å². The first-order chi connectivity index (χ1) is 26.8. The number of rotatable bonds is 7. The van der Waals surface area contributed by atoms with Crippen molar-refractivity contribution in [2.24, 2.45) is 0 Å². The Balaban J connectivity index is 1.05. The highest BCUT2D eigenvalue weighted by atomic mass is 15.2. The Morgan fingerprint density at radius 2 is 0.907 bits per heavy atom. The molecule has 0 heterocycles. The molecule has 0 bridgehead atoms.